The number of anilines is 1. The van der Waals surface area contributed by atoms with Crippen LogP contribution in [0.1, 0.15) is 55.1 Å². The molecule has 31 heavy (non-hydrogen) atoms. The number of nitrogens with one attached hydrogen (secondary N) is 1. The minimum absolute atomic E-state index is 0.0856. The zero-order valence-electron chi connectivity index (χ0n) is 17.9. The van der Waals surface area contributed by atoms with Crippen LogP contribution in [-0.2, 0) is 11.2 Å². The summed E-state index contributed by atoms with van der Waals surface area (Å²) in [5.41, 5.74) is 6.85. The van der Waals surface area contributed by atoms with E-state index >= 15 is 0 Å². The topological polar surface area (TPSA) is 97.6 Å². The molecule has 0 radical (unpaired) electrons. The maximum Gasteiger partial charge on any atom is 0.273 e. The number of piperidine rings is 1. The van der Waals surface area contributed by atoms with E-state index in [0.717, 1.165) is 31.4 Å². The monoisotopic (exact) mass is 442 g/mol. The van der Waals surface area contributed by atoms with E-state index in [1.54, 1.807) is 10.3 Å². The zero-order chi connectivity index (χ0) is 21.8. The molecule has 2 aromatic rings. The first-order valence-electron chi connectivity index (χ1n) is 11.0. The van der Waals surface area contributed by atoms with E-state index in [4.69, 9.17) is 10.5 Å². The van der Waals surface area contributed by atoms with Gasteiger partial charge in [-0.05, 0) is 50.7 Å². The first kappa shape index (κ1) is 21.6. The molecule has 2 aliphatic heterocycles. The van der Waals surface area contributed by atoms with Gasteiger partial charge in [-0.1, -0.05) is 24.6 Å². The van der Waals surface area contributed by atoms with Crippen LogP contribution in [0.15, 0.2) is 29.6 Å². The number of thiazole rings is 1. The Bertz CT molecular complexity index is 936. The fourth-order valence-corrected chi connectivity index (χ4v) is 5.08. The zero-order valence-corrected chi connectivity index (χ0v) is 18.7. The number of aromatic nitrogens is 1. The van der Waals surface area contributed by atoms with Crippen molar-refractivity contribution in [2.75, 3.05) is 25.4 Å². The quantitative estimate of drug-likeness (QED) is 0.707. The molecule has 1 atom stereocenters. The maximum atomic E-state index is 13.3. The standard InChI is InChI=1S/C23H30N4O3S/c1-16-14-30-19-8-3-2-6-17(19)7-4-5-9-23(21(29)25-16)10-12-27(13-11-23)20(28)18-15-31-22(24)26-18/h2-3,6,8,15-16H,4-5,7,9-14H2,1H3,(H2,24,26)(H,25,29)/t16-/m1/s1. The van der Waals surface area contributed by atoms with Gasteiger partial charge in [0.2, 0.25) is 5.91 Å². The molecule has 1 saturated heterocycles. The number of ether oxygens (including phenoxy) is 1. The molecular weight excluding hydrogens is 412 g/mol. The summed E-state index contributed by atoms with van der Waals surface area (Å²) >= 11 is 1.27. The Morgan fingerprint density at radius 3 is 2.77 bits per heavy atom. The van der Waals surface area contributed by atoms with Crippen molar-refractivity contribution in [3.05, 3.63) is 40.9 Å². The molecule has 4 rings (SSSR count). The Hall–Kier alpha value is -2.61. The number of nitrogens with two attached hydrogens (primary N) is 1. The number of hydrogen-bond acceptors (Lipinski definition) is 6. The first-order valence-corrected chi connectivity index (χ1v) is 11.9. The smallest absolute Gasteiger partial charge is 0.273 e. The summed E-state index contributed by atoms with van der Waals surface area (Å²) in [6.45, 7) is 3.52. The third-order valence-corrected chi connectivity index (χ3v) is 7.09. The molecule has 8 heteroatoms. The van der Waals surface area contributed by atoms with Crippen molar-refractivity contribution in [2.24, 2.45) is 5.41 Å². The van der Waals surface area contributed by atoms with Crippen LogP contribution in [0.3, 0.4) is 0 Å². The molecular formula is C23H30N4O3S. The summed E-state index contributed by atoms with van der Waals surface area (Å²) in [6.07, 6.45) is 5.07. The van der Waals surface area contributed by atoms with Crippen molar-refractivity contribution in [1.82, 2.24) is 15.2 Å². The summed E-state index contributed by atoms with van der Waals surface area (Å²) in [7, 11) is 0. The molecule has 1 aromatic carbocycles. The number of carbonyl (C=O) groups excluding carboxylic acids is 2. The van der Waals surface area contributed by atoms with Gasteiger partial charge in [0.15, 0.2) is 5.13 Å². The van der Waals surface area contributed by atoms with Crippen molar-refractivity contribution in [3.63, 3.8) is 0 Å². The highest BCUT2D eigenvalue weighted by atomic mass is 32.1. The third kappa shape index (κ3) is 4.84. The lowest BCUT2D eigenvalue weighted by Crippen LogP contribution is -2.52. The average Bonchev–Trinajstić information content (AvgIpc) is 3.21. The molecule has 1 spiro atoms. The molecule has 7 nitrogen and oxygen atoms in total. The normalized spacial score (nSPS) is 21.9. The number of fused-ring (bicyclic) bond motifs is 1. The molecule has 1 aromatic heterocycles. The fraction of sp³-hybridized carbons (Fsp3) is 0.522. The fourth-order valence-electron chi connectivity index (χ4n) is 4.54. The van der Waals surface area contributed by atoms with Gasteiger partial charge < -0.3 is 20.7 Å². The molecule has 2 aliphatic rings. The average molecular weight is 443 g/mol. The van der Waals surface area contributed by atoms with Crippen molar-refractivity contribution < 1.29 is 14.3 Å². The van der Waals surface area contributed by atoms with Crippen LogP contribution < -0.4 is 15.8 Å². The van der Waals surface area contributed by atoms with Crippen LogP contribution in [0.25, 0.3) is 0 Å². The van der Waals surface area contributed by atoms with Crippen LogP contribution in [0.2, 0.25) is 0 Å². The van der Waals surface area contributed by atoms with Gasteiger partial charge in [-0.2, -0.15) is 0 Å². The number of nitrogens with zero attached hydrogens (tertiary/aromatic N) is 2. The van der Waals surface area contributed by atoms with Gasteiger partial charge in [-0.15, -0.1) is 11.3 Å². The van der Waals surface area contributed by atoms with E-state index in [2.05, 4.69) is 16.4 Å². The molecule has 3 heterocycles. The number of amides is 2. The van der Waals surface area contributed by atoms with E-state index in [1.165, 1.54) is 16.9 Å². The highest BCUT2D eigenvalue weighted by Crippen LogP contribution is 2.38. The van der Waals surface area contributed by atoms with Crippen molar-refractivity contribution in [2.45, 2.75) is 51.5 Å². The van der Waals surface area contributed by atoms with Gasteiger partial charge in [0.1, 0.15) is 18.1 Å². The Morgan fingerprint density at radius 1 is 1.26 bits per heavy atom. The molecule has 0 unspecified atom stereocenters. The Balaban J connectivity index is 1.45. The van der Waals surface area contributed by atoms with Gasteiger partial charge in [0, 0.05) is 18.5 Å². The second kappa shape index (κ2) is 9.26. The molecule has 0 saturated carbocycles. The molecule has 0 bridgehead atoms. The first-order chi connectivity index (χ1) is 15.0. The highest BCUT2D eigenvalue weighted by Gasteiger charge is 2.42. The minimum atomic E-state index is -0.440. The predicted octanol–water partition coefficient (Wildman–Crippen LogP) is 3.26. The maximum absolute atomic E-state index is 13.3. The number of aryl methyl sites for hydroxylation is 1. The number of para-hydroxylation sites is 1. The number of likely N-dealkylation sites (tertiary alicyclic amines) is 1. The van der Waals surface area contributed by atoms with Crippen molar-refractivity contribution in [1.29, 1.82) is 0 Å². The third-order valence-electron chi connectivity index (χ3n) is 6.42. The molecule has 1 fully saturated rings. The van der Waals surface area contributed by atoms with Gasteiger partial charge in [0.25, 0.3) is 5.91 Å². The summed E-state index contributed by atoms with van der Waals surface area (Å²) in [5.74, 6) is 0.894. The highest BCUT2D eigenvalue weighted by molar-refractivity contribution is 7.13. The van der Waals surface area contributed by atoms with Crippen LogP contribution in [0.4, 0.5) is 5.13 Å². The van der Waals surface area contributed by atoms with E-state index in [-0.39, 0.29) is 17.9 Å². The number of nitrogen functional groups attached to an aromatic ring is 1. The SMILES string of the molecule is C[C@@H]1COc2ccccc2CCCCC2(CCN(C(=O)c3csc(N)n3)CC2)C(=O)N1. The summed E-state index contributed by atoms with van der Waals surface area (Å²) < 4.78 is 6.01. The Labute approximate surface area is 187 Å². The van der Waals surface area contributed by atoms with Gasteiger partial charge in [-0.3, -0.25) is 9.59 Å². The van der Waals surface area contributed by atoms with E-state index in [0.29, 0.717) is 43.4 Å². The van der Waals surface area contributed by atoms with Crippen molar-refractivity contribution >= 4 is 28.3 Å². The van der Waals surface area contributed by atoms with E-state index in [1.807, 2.05) is 25.1 Å². The molecule has 0 aliphatic carbocycles. The van der Waals surface area contributed by atoms with Gasteiger partial charge in [0.05, 0.1) is 11.5 Å². The summed E-state index contributed by atoms with van der Waals surface area (Å²) in [5, 5.41) is 5.27. The van der Waals surface area contributed by atoms with Gasteiger partial charge in [-0.25, -0.2) is 4.98 Å². The lowest BCUT2D eigenvalue weighted by molar-refractivity contribution is -0.135. The lowest BCUT2D eigenvalue weighted by atomic mass is 9.73. The second-order valence-corrected chi connectivity index (χ2v) is 9.53. The van der Waals surface area contributed by atoms with Crippen LogP contribution in [-0.4, -0.2) is 47.4 Å². The minimum Gasteiger partial charge on any atom is -0.491 e. The summed E-state index contributed by atoms with van der Waals surface area (Å²) in [6, 6.07) is 8.06. The second-order valence-electron chi connectivity index (χ2n) is 8.64. The molecule has 3 N–H and O–H groups in total. The number of benzene rings is 1. The van der Waals surface area contributed by atoms with Gasteiger partial charge >= 0.3 is 0 Å². The predicted molar refractivity (Wildman–Crippen MR) is 121 cm³/mol. The Kier molecular flexibility index (Phi) is 6.46. The molecule has 166 valence electrons. The van der Waals surface area contributed by atoms with E-state index < -0.39 is 5.41 Å². The van der Waals surface area contributed by atoms with E-state index in [9.17, 15) is 9.59 Å². The number of carbonyl (C=O) groups is 2. The Morgan fingerprint density at radius 2 is 2.03 bits per heavy atom. The van der Waals surface area contributed by atoms with Crippen LogP contribution >= 0.6 is 11.3 Å². The summed E-state index contributed by atoms with van der Waals surface area (Å²) in [4.78, 5) is 32.0. The lowest BCUT2D eigenvalue weighted by Gasteiger charge is -2.41. The van der Waals surface area contributed by atoms with Crippen LogP contribution in [0.5, 0.6) is 5.75 Å². The van der Waals surface area contributed by atoms with Crippen LogP contribution in [0, 0.1) is 5.41 Å². The largest absolute Gasteiger partial charge is 0.491 e. The molecule has 2 amide bonds. The van der Waals surface area contributed by atoms with Crippen molar-refractivity contribution in [3.8, 4) is 5.75 Å². The number of rotatable bonds is 1. The number of hydrogen-bond donors (Lipinski definition) is 2.